The van der Waals surface area contributed by atoms with E-state index in [1.54, 1.807) is 11.3 Å². The lowest BCUT2D eigenvalue weighted by Gasteiger charge is -2.18. The summed E-state index contributed by atoms with van der Waals surface area (Å²) in [6, 6.07) is 6.19. The molecular weight excluding hydrogens is 270 g/mol. The number of aryl methyl sites for hydroxylation is 1. The highest BCUT2D eigenvalue weighted by atomic mass is 32.1. The van der Waals surface area contributed by atoms with Crippen molar-refractivity contribution in [1.82, 2.24) is 9.88 Å². The molecule has 0 unspecified atom stereocenters. The maximum absolute atomic E-state index is 11.9. The molecule has 0 radical (unpaired) electrons. The van der Waals surface area contributed by atoms with Gasteiger partial charge in [0.25, 0.3) is 0 Å². The average molecular weight is 291 g/mol. The molecular formula is C15H21N3OS. The first-order valence-electron chi connectivity index (χ1n) is 7.03. The second-order valence-electron chi connectivity index (χ2n) is 4.68. The van der Waals surface area contributed by atoms with Crippen molar-refractivity contribution in [2.75, 3.05) is 25.0 Å². The number of aromatic nitrogens is 1. The SMILES string of the molecule is CCN(CC)C(=O)CCNc1nc2c(C)cccc2s1. The third-order valence-corrected chi connectivity index (χ3v) is 4.33. The smallest absolute Gasteiger partial charge is 0.224 e. The van der Waals surface area contributed by atoms with Gasteiger partial charge in [0.2, 0.25) is 5.91 Å². The second kappa shape index (κ2) is 6.70. The quantitative estimate of drug-likeness (QED) is 0.888. The van der Waals surface area contributed by atoms with Crippen molar-refractivity contribution >= 4 is 32.6 Å². The van der Waals surface area contributed by atoms with E-state index in [1.165, 1.54) is 10.3 Å². The van der Waals surface area contributed by atoms with Crippen LogP contribution in [0.15, 0.2) is 18.2 Å². The van der Waals surface area contributed by atoms with Crippen molar-refractivity contribution in [1.29, 1.82) is 0 Å². The molecule has 20 heavy (non-hydrogen) atoms. The van der Waals surface area contributed by atoms with Crippen LogP contribution in [0, 0.1) is 6.92 Å². The number of para-hydroxylation sites is 1. The van der Waals surface area contributed by atoms with Crippen LogP contribution in [0.5, 0.6) is 0 Å². The summed E-state index contributed by atoms with van der Waals surface area (Å²) in [5.41, 5.74) is 2.24. The van der Waals surface area contributed by atoms with E-state index >= 15 is 0 Å². The number of carbonyl (C=O) groups excluding carboxylic acids is 1. The lowest BCUT2D eigenvalue weighted by Crippen LogP contribution is -2.31. The van der Waals surface area contributed by atoms with Crippen LogP contribution in [0.1, 0.15) is 25.8 Å². The molecule has 108 valence electrons. The molecule has 1 N–H and O–H groups in total. The Balaban J connectivity index is 1.93. The van der Waals surface area contributed by atoms with Crippen LogP contribution >= 0.6 is 11.3 Å². The summed E-state index contributed by atoms with van der Waals surface area (Å²) in [7, 11) is 0. The molecule has 0 aliphatic heterocycles. The Bertz CT molecular complexity index is 590. The van der Waals surface area contributed by atoms with Gasteiger partial charge in [-0.3, -0.25) is 4.79 Å². The van der Waals surface area contributed by atoms with E-state index < -0.39 is 0 Å². The van der Waals surface area contributed by atoms with E-state index in [-0.39, 0.29) is 5.91 Å². The van der Waals surface area contributed by atoms with Crippen LogP contribution in [0.3, 0.4) is 0 Å². The molecule has 2 rings (SSSR count). The molecule has 0 atom stereocenters. The molecule has 0 aliphatic carbocycles. The molecule has 0 saturated carbocycles. The summed E-state index contributed by atoms with van der Waals surface area (Å²) in [5.74, 6) is 0.194. The molecule has 0 spiro atoms. The Morgan fingerprint density at radius 1 is 1.35 bits per heavy atom. The van der Waals surface area contributed by atoms with Gasteiger partial charge in [-0.2, -0.15) is 0 Å². The third kappa shape index (κ3) is 3.28. The number of nitrogens with zero attached hydrogens (tertiary/aromatic N) is 2. The number of hydrogen-bond donors (Lipinski definition) is 1. The van der Waals surface area contributed by atoms with Gasteiger partial charge in [0.1, 0.15) is 0 Å². The van der Waals surface area contributed by atoms with Crippen LogP contribution in [0.2, 0.25) is 0 Å². The van der Waals surface area contributed by atoms with E-state index in [2.05, 4.69) is 29.4 Å². The Kier molecular flexibility index (Phi) is 4.95. The summed E-state index contributed by atoms with van der Waals surface area (Å²) in [4.78, 5) is 18.3. The molecule has 0 fully saturated rings. The fourth-order valence-electron chi connectivity index (χ4n) is 2.17. The molecule has 5 heteroatoms. The first-order chi connectivity index (χ1) is 9.65. The van der Waals surface area contributed by atoms with E-state index in [4.69, 9.17) is 0 Å². The zero-order chi connectivity index (χ0) is 14.5. The highest BCUT2D eigenvalue weighted by molar-refractivity contribution is 7.22. The zero-order valence-corrected chi connectivity index (χ0v) is 13.1. The maximum Gasteiger partial charge on any atom is 0.224 e. The fraction of sp³-hybridized carbons (Fsp3) is 0.467. The molecule has 0 aliphatic rings. The molecule has 1 amide bonds. The normalized spacial score (nSPS) is 10.8. The van der Waals surface area contributed by atoms with Gasteiger partial charge in [0.15, 0.2) is 5.13 Å². The molecule has 1 aromatic heterocycles. The minimum Gasteiger partial charge on any atom is -0.361 e. The van der Waals surface area contributed by atoms with Crippen molar-refractivity contribution in [3.05, 3.63) is 23.8 Å². The van der Waals surface area contributed by atoms with Crippen LogP contribution < -0.4 is 5.32 Å². The van der Waals surface area contributed by atoms with Crippen molar-refractivity contribution in [2.45, 2.75) is 27.2 Å². The van der Waals surface area contributed by atoms with Crippen LogP contribution in [-0.4, -0.2) is 35.4 Å². The summed E-state index contributed by atoms with van der Waals surface area (Å²) >= 11 is 1.64. The average Bonchev–Trinajstić information content (AvgIpc) is 2.84. The lowest BCUT2D eigenvalue weighted by molar-refractivity contribution is -0.130. The molecule has 2 aromatic rings. The van der Waals surface area contributed by atoms with E-state index in [0.717, 1.165) is 23.7 Å². The number of anilines is 1. The van der Waals surface area contributed by atoms with Crippen molar-refractivity contribution in [3.63, 3.8) is 0 Å². The fourth-order valence-corrected chi connectivity index (χ4v) is 3.14. The number of carbonyl (C=O) groups is 1. The van der Waals surface area contributed by atoms with Crippen molar-refractivity contribution in [2.24, 2.45) is 0 Å². The Morgan fingerprint density at radius 2 is 2.10 bits per heavy atom. The first kappa shape index (κ1) is 14.8. The van der Waals surface area contributed by atoms with E-state index in [0.29, 0.717) is 13.0 Å². The van der Waals surface area contributed by atoms with Crippen molar-refractivity contribution in [3.8, 4) is 0 Å². The second-order valence-corrected chi connectivity index (χ2v) is 5.71. The monoisotopic (exact) mass is 291 g/mol. The lowest BCUT2D eigenvalue weighted by atomic mass is 10.2. The third-order valence-electron chi connectivity index (χ3n) is 3.35. The number of nitrogens with one attached hydrogen (secondary N) is 1. The maximum atomic E-state index is 11.9. The topological polar surface area (TPSA) is 45.2 Å². The van der Waals surface area contributed by atoms with Gasteiger partial charge in [-0.05, 0) is 32.4 Å². The van der Waals surface area contributed by atoms with Crippen LogP contribution in [-0.2, 0) is 4.79 Å². The van der Waals surface area contributed by atoms with Gasteiger partial charge in [0, 0.05) is 26.1 Å². The number of hydrogen-bond acceptors (Lipinski definition) is 4. The van der Waals surface area contributed by atoms with Gasteiger partial charge < -0.3 is 10.2 Å². The molecule has 1 heterocycles. The first-order valence-corrected chi connectivity index (χ1v) is 7.85. The standard InChI is InChI=1S/C15H21N3OS/c1-4-18(5-2)13(19)9-10-16-15-17-14-11(3)7-6-8-12(14)20-15/h6-8H,4-5,9-10H2,1-3H3,(H,16,17). The van der Waals surface area contributed by atoms with Gasteiger partial charge in [0.05, 0.1) is 10.2 Å². The minimum atomic E-state index is 0.194. The van der Waals surface area contributed by atoms with Crippen molar-refractivity contribution < 1.29 is 4.79 Å². The number of amides is 1. The van der Waals surface area contributed by atoms with E-state index in [9.17, 15) is 4.79 Å². The van der Waals surface area contributed by atoms with E-state index in [1.807, 2.05) is 24.8 Å². The number of fused-ring (bicyclic) bond motifs is 1. The molecule has 0 bridgehead atoms. The zero-order valence-electron chi connectivity index (χ0n) is 12.3. The van der Waals surface area contributed by atoms with Gasteiger partial charge in [-0.1, -0.05) is 23.5 Å². The van der Waals surface area contributed by atoms with Crippen LogP contribution in [0.25, 0.3) is 10.2 Å². The number of thiazole rings is 1. The molecule has 1 aromatic carbocycles. The van der Waals surface area contributed by atoms with Gasteiger partial charge >= 0.3 is 0 Å². The Morgan fingerprint density at radius 3 is 2.75 bits per heavy atom. The highest BCUT2D eigenvalue weighted by Crippen LogP contribution is 2.27. The predicted octanol–water partition coefficient (Wildman–Crippen LogP) is 3.28. The molecule has 0 saturated heterocycles. The summed E-state index contributed by atoms with van der Waals surface area (Å²) < 4.78 is 1.18. The molecule has 4 nitrogen and oxygen atoms in total. The predicted molar refractivity (Wildman–Crippen MR) is 85.4 cm³/mol. The Labute approximate surface area is 123 Å². The summed E-state index contributed by atoms with van der Waals surface area (Å²) in [6.45, 7) is 8.26. The highest BCUT2D eigenvalue weighted by Gasteiger charge is 2.10. The Hall–Kier alpha value is -1.62. The summed E-state index contributed by atoms with van der Waals surface area (Å²) in [6.07, 6.45) is 0.511. The number of benzene rings is 1. The summed E-state index contributed by atoms with van der Waals surface area (Å²) in [5, 5.41) is 4.15. The number of rotatable bonds is 6. The van der Waals surface area contributed by atoms with Gasteiger partial charge in [-0.15, -0.1) is 0 Å². The van der Waals surface area contributed by atoms with Crippen LogP contribution in [0.4, 0.5) is 5.13 Å². The minimum absolute atomic E-state index is 0.194. The largest absolute Gasteiger partial charge is 0.361 e. The van der Waals surface area contributed by atoms with Gasteiger partial charge in [-0.25, -0.2) is 4.98 Å².